The topological polar surface area (TPSA) is 6.48 Å². The van der Waals surface area contributed by atoms with Crippen LogP contribution in [0, 0.1) is 19.3 Å². The van der Waals surface area contributed by atoms with Crippen molar-refractivity contribution < 1.29 is 22.4 Å². The number of nitrogens with zero attached hydrogens (tertiary/aromatic N) is 2. The van der Waals surface area contributed by atoms with Crippen LogP contribution in [0.5, 0.6) is 0 Å². The summed E-state index contributed by atoms with van der Waals surface area (Å²) in [6.07, 6.45) is 6.60. The van der Waals surface area contributed by atoms with Gasteiger partial charge in [0.05, 0.1) is 11.4 Å². The average molecular weight is 687 g/mol. The van der Waals surface area contributed by atoms with Gasteiger partial charge in [0.15, 0.2) is 0 Å². The molecule has 3 aromatic carbocycles. The molecular weight excluding hydrogens is 645 g/mol. The molecule has 0 amide bonds. The zero-order chi connectivity index (χ0) is 27.1. The molecule has 3 aromatic rings. The number of para-hydroxylation sites is 2. The predicted molar refractivity (Wildman–Crippen MR) is 159 cm³/mol. The summed E-state index contributed by atoms with van der Waals surface area (Å²) in [5.41, 5.74) is 8.88. The van der Waals surface area contributed by atoms with E-state index in [1.165, 1.54) is 33.6 Å². The molecule has 38 heavy (non-hydrogen) atoms. The van der Waals surface area contributed by atoms with Crippen molar-refractivity contribution in [2.45, 2.75) is 79.1 Å². The van der Waals surface area contributed by atoms with E-state index in [9.17, 15) is 0 Å². The maximum Gasteiger partial charge on any atom is 1.00 e. The van der Waals surface area contributed by atoms with E-state index in [0.717, 1.165) is 5.56 Å². The Hall–Kier alpha value is -2.52. The Morgan fingerprint density at radius 2 is 0.895 bits per heavy atom. The minimum absolute atomic E-state index is 0. The normalized spacial score (nSPS) is 12.7. The molecule has 3 heteroatoms. The molecule has 0 atom stereocenters. The smallest absolute Gasteiger partial charge is 0.358 e. The fourth-order valence-electron chi connectivity index (χ4n) is 4.67. The molecule has 0 aliphatic carbocycles. The molecular formula is C35H41AuN2. The minimum Gasteiger partial charge on any atom is -0.358 e. The monoisotopic (exact) mass is 686 g/mol. The molecule has 4 radical (unpaired) electrons. The Bertz CT molecular complexity index is 1070. The Morgan fingerprint density at radius 1 is 0.553 bits per heavy atom. The molecule has 0 aromatic heterocycles. The average Bonchev–Trinajstić information content (AvgIpc) is 3.38. The summed E-state index contributed by atoms with van der Waals surface area (Å²) in [5, 5.41) is 0. The summed E-state index contributed by atoms with van der Waals surface area (Å²) in [7, 11) is 0. The molecule has 0 saturated carbocycles. The number of hydrogen-bond donors (Lipinski definition) is 0. The molecule has 202 valence electrons. The van der Waals surface area contributed by atoms with Gasteiger partial charge in [0, 0.05) is 12.4 Å². The maximum absolute atomic E-state index is 6.69. The summed E-state index contributed by atoms with van der Waals surface area (Å²) in [5.74, 6) is 1.84. The van der Waals surface area contributed by atoms with Gasteiger partial charge in [-0.25, -0.2) is 6.08 Å². The van der Waals surface area contributed by atoms with E-state index < -0.39 is 0 Å². The largest absolute Gasteiger partial charge is 1.00 e. The van der Waals surface area contributed by atoms with Crippen LogP contribution in [-0.2, 0) is 22.4 Å². The Balaban J connectivity index is 0.000000482. The van der Waals surface area contributed by atoms with Gasteiger partial charge in [-0.3, -0.25) is 0 Å². The molecule has 1 aliphatic rings. The van der Waals surface area contributed by atoms with Crippen molar-refractivity contribution >= 4 is 11.4 Å². The molecule has 0 unspecified atom stereocenters. The Kier molecular flexibility index (Phi) is 12.2. The molecule has 0 fully saturated rings. The third-order valence-corrected chi connectivity index (χ3v) is 6.67. The third kappa shape index (κ3) is 7.53. The standard InChI is InChI=1S/C27H36N2.C8H5.Au/c1-18(2)22-11-9-12-23(19(3)4)26(22)28-15-16-29(17-28)27-24(20(5)6)13-10-14-25(27)21(7)8;1-2-8-6-4-3-5-7-8;/h9-16,18-21H,1-8H3;3-7H;/q;-1;+1. The molecule has 1 heterocycles. The van der Waals surface area contributed by atoms with Crippen molar-refractivity contribution in [2.24, 2.45) is 0 Å². The first kappa shape index (κ1) is 31.7. The SMILES string of the molecule is CC(C)c1cccc(C(C)C)c1N1[C]N(c2c(C(C)C)cccc2C(C)C)C=C1.[Au+].[C-]=[C]c1ccccc1. The molecule has 0 bridgehead atoms. The van der Waals surface area contributed by atoms with E-state index in [1.807, 2.05) is 30.3 Å². The van der Waals surface area contributed by atoms with Crippen molar-refractivity contribution in [3.05, 3.63) is 126 Å². The van der Waals surface area contributed by atoms with Crippen molar-refractivity contribution in [3.63, 3.8) is 0 Å². The first-order valence-electron chi connectivity index (χ1n) is 13.4. The van der Waals surface area contributed by atoms with Crippen LogP contribution in [0.2, 0.25) is 0 Å². The van der Waals surface area contributed by atoms with Gasteiger partial charge in [0.25, 0.3) is 0 Å². The second-order valence-corrected chi connectivity index (χ2v) is 10.8. The van der Waals surface area contributed by atoms with Gasteiger partial charge in [0.1, 0.15) is 0 Å². The van der Waals surface area contributed by atoms with Gasteiger partial charge in [-0.15, -0.1) is 12.1 Å². The second-order valence-electron chi connectivity index (χ2n) is 10.8. The summed E-state index contributed by atoms with van der Waals surface area (Å²) < 4.78 is 0. The number of rotatable bonds is 7. The molecule has 1 aliphatic heterocycles. The number of anilines is 2. The quantitative estimate of drug-likeness (QED) is 0.181. The van der Waals surface area contributed by atoms with Crippen LogP contribution in [0.4, 0.5) is 11.4 Å². The number of benzene rings is 3. The van der Waals surface area contributed by atoms with Crippen LogP contribution < -0.4 is 9.80 Å². The van der Waals surface area contributed by atoms with Gasteiger partial charge in [-0.2, -0.15) is 5.56 Å². The van der Waals surface area contributed by atoms with Gasteiger partial charge in [-0.1, -0.05) is 110 Å². The van der Waals surface area contributed by atoms with Crippen molar-refractivity contribution in [1.29, 1.82) is 0 Å². The zero-order valence-electron chi connectivity index (χ0n) is 24.0. The van der Waals surface area contributed by atoms with Crippen LogP contribution in [0.1, 0.15) is 107 Å². The van der Waals surface area contributed by atoms with Gasteiger partial charge in [-0.05, 0) is 45.9 Å². The molecule has 0 N–H and O–H groups in total. The summed E-state index contributed by atoms with van der Waals surface area (Å²) in [4.78, 5) is 4.40. The fraction of sp³-hybridized carbons (Fsp3) is 0.343. The minimum atomic E-state index is 0. The summed E-state index contributed by atoms with van der Waals surface area (Å²) in [6.45, 7) is 28.5. The van der Waals surface area contributed by atoms with E-state index in [4.69, 9.17) is 6.58 Å². The van der Waals surface area contributed by atoms with E-state index in [0.29, 0.717) is 23.7 Å². The molecule has 0 spiro atoms. The third-order valence-electron chi connectivity index (χ3n) is 6.67. The van der Waals surface area contributed by atoms with E-state index >= 15 is 0 Å². The summed E-state index contributed by atoms with van der Waals surface area (Å²) >= 11 is 0. The Morgan fingerprint density at radius 3 is 1.16 bits per heavy atom. The second kappa shape index (κ2) is 14.6. The van der Waals surface area contributed by atoms with E-state index in [1.54, 1.807) is 0 Å². The number of hydrogen-bond acceptors (Lipinski definition) is 2. The van der Waals surface area contributed by atoms with Crippen molar-refractivity contribution in [2.75, 3.05) is 9.80 Å². The summed E-state index contributed by atoms with van der Waals surface area (Å²) in [6, 6.07) is 22.8. The molecule has 4 rings (SSSR count). The zero-order valence-corrected chi connectivity index (χ0v) is 26.2. The Labute approximate surface area is 248 Å². The van der Waals surface area contributed by atoms with Crippen molar-refractivity contribution in [3.8, 4) is 0 Å². The first-order valence-corrected chi connectivity index (χ1v) is 13.4. The van der Waals surface area contributed by atoms with Crippen LogP contribution in [-0.4, -0.2) is 0 Å². The first-order chi connectivity index (χ1) is 17.6. The van der Waals surface area contributed by atoms with Crippen LogP contribution in [0.25, 0.3) is 0 Å². The van der Waals surface area contributed by atoms with Crippen LogP contribution >= 0.6 is 0 Å². The van der Waals surface area contributed by atoms with E-state index in [-0.39, 0.29) is 22.4 Å². The maximum atomic E-state index is 6.69. The van der Waals surface area contributed by atoms with Gasteiger partial charge in [0.2, 0.25) is 6.67 Å². The fourth-order valence-corrected chi connectivity index (χ4v) is 4.67. The van der Waals surface area contributed by atoms with Crippen LogP contribution in [0.15, 0.2) is 79.1 Å². The molecule has 2 nitrogen and oxygen atoms in total. The molecule has 0 saturated heterocycles. The van der Waals surface area contributed by atoms with Gasteiger partial charge >= 0.3 is 22.4 Å². The van der Waals surface area contributed by atoms with Gasteiger partial charge < -0.3 is 16.4 Å². The van der Waals surface area contributed by atoms with Crippen LogP contribution in [0.3, 0.4) is 0 Å². The van der Waals surface area contributed by atoms with E-state index in [2.05, 4.69) is 127 Å². The van der Waals surface area contributed by atoms with Crippen molar-refractivity contribution in [1.82, 2.24) is 0 Å². The predicted octanol–water partition coefficient (Wildman–Crippen LogP) is 9.68.